The van der Waals surface area contributed by atoms with Gasteiger partial charge in [-0.25, -0.2) is 13.9 Å². The van der Waals surface area contributed by atoms with Crippen LogP contribution in [0.1, 0.15) is 32.1 Å². The van der Waals surface area contributed by atoms with Gasteiger partial charge >= 0.3 is 0 Å². The van der Waals surface area contributed by atoms with Crippen LogP contribution in [0.3, 0.4) is 0 Å². The second-order valence-corrected chi connectivity index (χ2v) is 9.23. The molecule has 19 heavy (non-hydrogen) atoms. The predicted molar refractivity (Wildman–Crippen MR) is 83.4 cm³/mol. The highest BCUT2D eigenvalue weighted by Gasteiger charge is 2.21. The van der Waals surface area contributed by atoms with Crippen LogP contribution in [0.15, 0.2) is 28.6 Å². The molecule has 6 heteroatoms. The summed E-state index contributed by atoms with van der Waals surface area (Å²) in [7, 11) is -2.63. The molecule has 2 aromatic rings. The van der Waals surface area contributed by atoms with Gasteiger partial charge in [-0.1, -0.05) is 31.4 Å². The van der Waals surface area contributed by atoms with Crippen molar-refractivity contribution in [3.8, 4) is 0 Å². The molecule has 1 fully saturated rings. The number of fused-ring (bicyclic) bond motifs is 1. The first kappa shape index (κ1) is 13.4. The van der Waals surface area contributed by atoms with Crippen LogP contribution in [-0.4, -0.2) is 15.2 Å². The van der Waals surface area contributed by atoms with Crippen molar-refractivity contribution in [3.05, 3.63) is 24.3 Å². The number of nitrogens with zero attached hydrogens (tertiary/aromatic N) is 1. The van der Waals surface area contributed by atoms with Gasteiger partial charge in [-0.15, -0.1) is 11.3 Å². The summed E-state index contributed by atoms with van der Waals surface area (Å²) < 4.78 is 17.4. The summed E-state index contributed by atoms with van der Waals surface area (Å²) in [5, 5.41) is 0. The van der Waals surface area contributed by atoms with Crippen molar-refractivity contribution in [3.63, 3.8) is 0 Å². The van der Waals surface area contributed by atoms with Gasteiger partial charge in [0.25, 0.3) is 0 Å². The van der Waals surface area contributed by atoms with Crippen molar-refractivity contribution in [1.29, 1.82) is 0 Å². The highest BCUT2D eigenvalue weighted by molar-refractivity contribution is 8.32. The molecule has 1 aromatic heterocycles. The summed E-state index contributed by atoms with van der Waals surface area (Å²) in [5.74, 6) is 0. The standard InChI is InChI=1S/C13H16N2OS3/c16-19(17,15-10-6-2-1-3-7-10)13-14-11-8-4-5-9-12(11)18-13/h4-5,8-10,15H,1-3,6-7H2. The lowest BCUT2D eigenvalue weighted by molar-refractivity contribution is 0.419. The molecule has 3 rings (SSSR count). The monoisotopic (exact) mass is 312 g/mol. The highest BCUT2D eigenvalue weighted by atomic mass is 32.8. The van der Waals surface area contributed by atoms with Crippen LogP contribution in [0.2, 0.25) is 0 Å². The first-order valence-electron chi connectivity index (χ1n) is 6.53. The molecule has 1 unspecified atom stereocenters. The first-order chi connectivity index (χ1) is 9.15. The van der Waals surface area contributed by atoms with Gasteiger partial charge in [-0.05, 0) is 25.0 Å². The maximum absolute atomic E-state index is 12.7. The van der Waals surface area contributed by atoms with Crippen molar-refractivity contribution >= 4 is 41.4 Å². The lowest BCUT2D eigenvalue weighted by Gasteiger charge is -2.23. The number of hydrogen-bond acceptors (Lipinski definition) is 4. The second kappa shape index (κ2) is 5.44. The van der Waals surface area contributed by atoms with Crippen LogP contribution in [0.25, 0.3) is 10.2 Å². The maximum Gasteiger partial charge on any atom is 0.198 e. The fraction of sp³-hybridized carbons (Fsp3) is 0.462. The van der Waals surface area contributed by atoms with E-state index in [0.29, 0.717) is 4.34 Å². The minimum absolute atomic E-state index is 0.283. The van der Waals surface area contributed by atoms with Gasteiger partial charge in [-0.3, -0.25) is 0 Å². The molecule has 0 amide bonds. The van der Waals surface area contributed by atoms with Gasteiger partial charge < -0.3 is 0 Å². The summed E-state index contributed by atoms with van der Waals surface area (Å²) in [4.78, 5) is 4.43. The van der Waals surface area contributed by atoms with E-state index in [-0.39, 0.29) is 6.04 Å². The van der Waals surface area contributed by atoms with Crippen LogP contribution in [0.4, 0.5) is 0 Å². The molecular formula is C13H16N2OS3. The summed E-state index contributed by atoms with van der Waals surface area (Å²) in [5.41, 5.74) is 0.880. The van der Waals surface area contributed by atoms with Gasteiger partial charge in [0.05, 0.1) is 10.2 Å². The number of aromatic nitrogens is 1. The number of benzene rings is 1. The number of nitrogens with one attached hydrogen (secondary N) is 1. The second-order valence-electron chi connectivity index (χ2n) is 4.90. The van der Waals surface area contributed by atoms with Gasteiger partial charge in [0.1, 0.15) is 8.68 Å². The van der Waals surface area contributed by atoms with Crippen molar-refractivity contribution in [2.75, 3.05) is 0 Å². The molecule has 1 aliphatic rings. The molecule has 1 heterocycles. The molecule has 1 aliphatic carbocycles. The zero-order valence-corrected chi connectivity index (χ0v) is 13.0. The fourth-order valence-corrected chi connectivity index (χ4v) is 5.83. The van der Waals surface area contributed by atoms with Crippen LogP contribution in [-0.2, 0) is 19.9 Å². The third kappa shape index (κ3) is 2.97. The van der Waals surface area contributed by atoms with Crippen LogP contribution in [0, 0.1) is 0 Å². The van der Waals surface area contributed by atoms with Crippen molar-refractivity contribution in [2.45, 2.75) is 42.5 Å². The molecule has 1 aromatic carbocycles. The Morgan fingerprint density at radius 3 is 2.74 bits per heavy atom. The van der Waals surface area contributed by atoms with E-state index in [1.54, 1.807) is 0 Å². The molecule has 3 nitrogen and oxygen atoms in total. The van der Waals surface area contributed by atoms with Gasteiger partial charge in [0, 0.05) is 17.2 Å². The average molecular weight is 312 g/mol. The molecule has 1 saturated carbocycles. The molecule has 102 valence electrons. The topological polar surface area (TPSA) is 42.0 Å². The number of para-hydroxylation sites is 1. The molecule has 1 atom stereocenters. The lowest BCUT2D eigenvalue weighted by atomic mass is 9.96. The fourth-order valence-electron chi connectivity index (χ4n) is 2.46. The van der Waals surface area contributed by atoms with Crippen LogP contribution in [0.5, 0.6) is 0 Å². The molecular weight excluding hydrogens is 296 g/mol. The average Bonchev–Trinajstić information content (AvgIpc) is 2.84. The van der Waals surface area contributed by atoms with Gasteiger partial charge in [0.15, 0.2) is 4.34 Å². The Morgan fingerprint density at radius 2 is 2.00 bits per heavy atom. The van der Waals surface area contributed by atoms with Gasteiger partial charge in [0.2, 0.25) is 0 Å². The van der Waals surface area contributed by atoms with Crippen LogP contribution >= 0.6 is 11.3 Å². The first-order valence-corrected chi connectivity index (χ1v) is 9.83. The molecule has 0 saturated heterocycles. The smallest absolute Gasteiger partial charge is 0.198 e. The number of hydrogen-bond donors (Lipinski definition) is 1. The van der Waals surface area contributed by atoms with E-state index in [1.807, 2.05) is 24.3 Å². The van der Waals surface area contributed by atoms with E-state index in [9.17, 15) is 4.21 Å². The van der Waals surface area contributed by atoms with E-state index in [2.05, 4.69) is 9.71 Å². The Labute approximate surface area is 122 Å². The Balaban J connectivity index is 1.86. The SMILES string of the molecule is O=S(=S)(NC1CCCCC1)c1nc2ccccc2s1. The van der Waals surface area contributed by atoms with E-state index in [1.165, 1.54) is 30.6 Å². The van der Waals surface area contributed by atoms with Crippen LogP contribution < -0.4 is 4.72 Å². The van der Waals surface area contributed by atoms with Crippen molar-refractivity contribution in [2.24, 2.45) is 0 Å². The maximum atomic E-state index is 12.7. The minimum atomic E-state index is -2.63. The quantitative estimate of drug-likeness (QED) is 0.946. The van der Waals surface area contributed by atoms with E-state index in [0.717, 1.165) is 23.1 Å². The molecule has 0 bridgehead atoms. The summed E-state index contributed by atoms with van der Waals surface area (Å²) >= 11 is 6.74. The third-order valence-electron chi connectivity index (χ3n) is 3.43. The largest absolute Gasteiger partial charge is 0.234 e. The zero-order valence-electron chi connectivity index (χ0n) is 10.5. The third-order valence-corrected chi connectivity index (χ3v) is 7.49. The Kier molecular flexibility index (Phi) is 3.84. The highest BCUT2D eigenvalue weighted by Crippen LogP contribution is 2.26. The van der Waals surface area contributed by atoms with E-state index < -0.39 is 8.68 Å². The van der Waals surface area contributed by atoms with Crippen molar-refractivity contribution in [1.82, 2.24) is 9.71 Å². The number of rotatable bonds is 3. The lowest BCUT2D eigenvalue weighted by Crippen LogP contribution is -2.35. The summed E-state index contributed by atoms with van der Waals surface area (Å²) in [6.07, 6.45) is 5.81. The summed E-state index contributed by atoms with van der Waals surface area (Å²) in [6.45, 7) is 0. The van der Waals surface area contributed by atoms with Crippen molar-refractivity contribution < 1.29 is 4.21 Å². The molecule has 0 aliphatic heterocycles. The molecule has 1 N–H and O–H groups in total. The van der Waals surface area contributed by atoms with E-state index in [4.69, 9.17) is 11.2 Å². The van der Waals surface area contributed by atoms with E-state index >= 15 is 0 Å². The Morgan fingerprint density at radius 1 is 1.26 bits per heavy atom. The predicted octanol–water partition coefficient (Wildman–Crippen LogP) is 3.24. The molecule has 0 spiro atoms. The Bertz CT molecular complexity index is 639. The number of thiazole rings is 1. The molecule has 0 radical (unpaired) electrons. The minimum Gasteiger partial charge on any atom is -0.234 e. The normalized spacial score (nSPS) is 20.4. The zero-order chi connectivity index (χ0) is 13.3. The Hall–Kier alpha value is -0.560. The summed E-state index contributed by atoms with van der Waals surface area (Å²) in [6, 6.07) is 8.10. The van der Waals surface area contributed by atoms with Gasteiger partial charge in [-0.2, -0.15) is 0 Å².